The Morgan fingerprint density at radius 3 is 1.21 bits per heavy atom. The van der Waals surface area contributed by atoms with Gasteiger partial charge in [-0.3, -0.25) is 0 Å². The molecule has 0 heterocycles. The summed E-state index contributed by atoms with van der Waals surface area (Å²) >= 11 is 0. The number of hydrogen-bond donors (Lipinski definition) is 1. The van der Waals surface area contributed by atoms with Crippen LogP contribution in [0.5, 0.6) is 5.75 Å². The van der Waals surface area contributed by atoms with Crippen LogP contribution in [-0.2, 0) is 16.0 Å². The van der Waals surface area contributed by atoms with E-state index in [-0.39, 0.29) is 18.5 Å². The molecule has 0 aliphatic carbocycles. The van der Waals surface area contributed by atoms with E-state index in [1.54, 1.807) is 0 Å². The lowest BCUT2D eigenvalue weighted by Gasteiger charge is -2.19. The molecule has 0 spiro atoms. The third kappa shape index (κ3) is 32.2. The molecule has 0 bridgehead atoms. The van der Waals surface area contributed by atoms with Crippen LogP contribution in [0.3, 0.4) is 0 Å². The van der Waals surface area contributed by atoms with Crippen molar-refractivity contribution in [3.05, 3.63) is 29.8 Å². The fourth-order valence-corrected chi connectivity index (χ4v) is 6.22. The first-order chi connectivity index (χ1) is 22.8. The zero-order chi connectivity index (χ0) is 33.0. The molecule has 0 aliphatic heterocycles. The standard InChI is InChI=1S/C42H79NO3.ClH/c1-3-5-7-9-11-13-15-17-19-21-23-25-27-29-35-44-38-42(39-46-41-33-31-40(37-43)32-34-41)45-36-30-28-26-24-22-20-18-16-14-12-10-8-6-4-2;/h31-34,42H,3-30,35-39,43H2,1-2H3;1H. The third-order valence-electron chi connectivity index (χ3n) is 9.39. The minimum Gasteiger partial charge on any atom is -0.491 e. The summed E-state index contributed by atoms with van der Waals surface area (Å²) in [6.07, 6.45) is 38.5. The number of halogens is 1. The molecule has 0 amide bonds. The van der Waals surface area contributed by atoms with Crippen LogP contribution in [0.2, 0.25) is 0 Å². The Balaban J connectivity index is 0.0000212. The van der Waals surface area contributed by atoms with E-state index in [1.807, 2.05) is 24.3 Å². The maximum atomic E-state index is 6.27. The van der Waals surface area contributed by atoms with Gasteiger partial charge in [-0.05, 0) is 30.5 Å². The molecule has 0 radical (unpaired) electrons. The van der Waals surface area contributed by atoms with Gasteiger partial charge in [0.1, 0.15) is 18.5 Å². The van der Waals surface area contributed by atoms with Crippen molar-refractivity contribution in [3.8, 4) is 5.75 Å². The molecule has 1 aromatic rings. The molecule has 0 aromatic heterocycles. The molecule has 0 fully saturated rings. The van der Waals surface area contributed by atoms with Gasteiger partial charge in [0.25, 0.3) is 0 Å². The molecule has 0 aliphatic rings. The van der Waals surface area contributed by atoms with Crippen LogP contribution in [0.15, 0.2) is 24.3 Å². The molecule has 1 atom stereocenters. The summed E-state index contributed by atoms with van der Waals surface area (Å²) in [6.45, 7) is 7.89. The number of rotatable bonds is 37. The molecule has 1 aromatic carbocycles. The first-order valence-electron chi connectivity index (χ1n) is 20.4. The van der Waals surface area contributed by atoms with Gasteiger partial charge in [-0.2, -0.15) is 0 Å². The highest BCUT2D eigenvalue weighted by Gasteiger charge is 2.11. The third-order valence-corrected chi connectivity index (χ3v) is 9.39. The van der Waals surface area contributed by atoms with Crippen molar-refractivity contribution in [3.63, 3.8) is 0 Å². The highest BCUT2D eigenvalue weighted by atomic mass is 35.5. The van der Waals surface area contributed by atoms with Gasteiger partial charge >= 0.3 is 0 Å². The second-order valence-electron chi connectivity index (χ2n) is 13.9. The highest BCUT2D eigenvalue weighted by molar-refractivity contribution is 5.85. The van der Waals surface area contributed by atoms with Crippen molar-refractivity contribution in [1.82, 2.24) is 0 Å². The van der Waals surface area contributed by atoms with Crippen molar-refractivity contribution in [1.29, 1.82) is 0 Å². The summed E-state index contributed by atoms with van der Waals surface area (Å²) < 4.78 is 18.4. The van der Waals surface area contributed by atoms with E-state index >= 15 is 0 Å². The van der Waals surface area contributed by atoms with Crippen molar-refractivity contribution in [2.24, 2.45) is 5.73 Å². The van der Waals surface area contributed by atoms with Gasteiger partial charge in [0, 0.05) is 19.8 Å². The normalized spacial score (nSPS) is 11.9. The molecule has 5 heteroatoms. The van der Waals surface area contributed by atoms with Gasteiger partial charge in [-0.25, -0.2) is 0 Å². The second kappa shape index (κ2) is 38.0. The molecular weight excluding hydrogens is 602 g/mol. The summed E-state index contributed by atoms with van der Waals surface area (Å²) in [5.41, 5.74) is 6.86. The molecule has 1 unspecified atom stereocenters. The zero-order valence-corrected chi connectivity index (χ0v) is 32.2. The molecule has 0 saturated heterocycles. The predicted octanol–water partition coefficient (Wildman–Crippen LogP) is 13.3. The van der Waals surface area contributed by atoms with E-state index in [1.165, 1.54) is 167 Å². The van der Waals surface area contributed by atoms with Crippen molar-refractivity contribution < 1.29 is 14.2 Å². The Bertz CT molecular complexity index is 716. The van der Waals surface area contributed by atoms with Gasteiger partial charge in [0.2, 0.25) is 0 Å². The number of ether oxygens (including phenoxy) is 3. The Morgan fingerprint density at radius 1 is 0.468 bits per heavy atom. The van der Waals surface area contributed by atoms with Crippen molar-refractivity contribution >= 4 is 12.4 Å². The highest BCUT2D eigenvalue weighted by Crippen LogP contribution is 2.16. The average molecular weight is 683 g/mol. The predicted molar refractivity (Wildman–Crippen MR) is 208 cm³/mol. The van der Waals surface area contributed by atoms with Gasteiger partial charge in [0.15, 0.2) is 0 Å². The number of unbranched alkanes of at least 4 members (excludes halogenated alkanes) is 26. The number of nitrogens with two attached hydrogens (primary N) is 1. The zero-order valence-electron chi connectivity index (χ0n) is 31.4. The number of hydrogen-bond acceptors (Lipinski definition) is 4. The smallest absolute Gasteiger partial charge is 0.119 e. The Labute approximate surface area is 299 Å². The topological polar surface area (TPSA) is 53.7 Å². The molecule has 4 nitrogen and oxygen atoms in total. The lowest BCUT2D eigenvalue weighted by Crippen LogP contribution is -2.28. The van der Waals surface area contributed by atoms with E-state index in [9.17, 15) is 0 Å². The molecular formula is C42H80ClNO3. The molecule has 1 rings (SSSR count). The van der Waals surface area contributed by atoms with Crippen LogP contribution in [0.1, 0.15) is 199 Å². The van der Waals surface area contributed by atoms with E-state index in [4.69, 9.17) is 19.9 Å². The Hall–Kier alpha value is -0.810. The summed E-state index contributed by atoms with van der Waals surface area (Å²) in [4.78, 5) is 0. The first kappa shape index (κ1) is 46.2. The summed E-state index contributed by atoms with van der Waals surface area (Å²) in [6, 6.07) is 8.07. The van der Waals surface area contributed by atoms with Gasteiger partial charge in [-0.1, -0.05) is 193 Å². The van der Waals surface area contributed by atoms with Crippen LogP contribution in [-0.4, -0.2) is 32.5 Å². The van der Waals surface area contributed by atoms with E-state index < -0.39 is 0 Å². The summed E-state index contributed by atoms with van der Waals surface area (Å²) in [5.74, 6) is 0.870. The van der Waals surface area contributed by atoms with Gasteiger partial charge in [-0.15, -0.1) is 12.4 Å². The average Bonchev–Trinajstić information content (AvgIpc) is 3.08. The van der Waals surface area contributed by atoms with E-state index in [2.05, 4.69) is 13.8 Å². The maximum Gasteiger partial charge on any atom is 0.119 e. The minimum atomic E-state index is -0.0252. The van der Waals surface area contributed by atoms with Crippen LogP contribution < -0.4 is 10.5 Å². The quantitative estimate of drug-likeness (QED) is 0.0710. The Kier molecular flexibility index (Phi) is 37.3. The van der Waals surface area contributed by atoms with Crippen LogP contribution in [0.4, 0.5) is 0 Å². The maximum absolute atomic E-state index is 6.27. The van der Waals surface area contributed by atoms with Crippen LogP contribution in [0, 0.1) is 0 Å². The van der Waals surface area contributed by atoms with Crippen LogP contribution in [0.25, 0.3) is 0 Å². The molecule has 278 valence electrons. The van der Waals surface area contributed by atoms with Gasteiger partial charge < -0.3 is 19.9 Å². The van der Waals surface area contributed by atoms with Gasteiger partial charge in [0.05, 0.1) is 6.61 Å². The van der Waals surface area contributed by atoms with E-state index in [0.717, 1.165) is 37.4 Å². The Morgan fingerprint density at radius 2 is 0.830 bits per heavy atom. The number of benzene rings is 1. The van der Waals surface area contributed by atoms with Crippen molar-refractivity contribution in [2.75, 3.05) is 26.4 Å². The minimum absolute atomic E-state index is 0. The first-order valence-corrected chi connectivity index (χ1v) is 20.4. The fraction of sp³-hybridized carbons (Fsp3) is 0.857. The summed E-state index contributed by atoms with van der Waals surface area (Å²) in [7, 11) is 0. The lowest BCUT2D eigenvalue weighted by molar-refractivity contribution is -0.0389. The lowest BCUT2D eigenvalue weighted by atomic mass is 10.0. The fourth-order valence-electron chi connectivity index (χ4n) is 6.22. The largest absolute Gasteiger partial charge is 0.491 e. The van der Waals surface area contributed by atoms with Crippen LogP contribution >= 0.6 is 12.4 Å². The molecule has 0 saturated carbocycles. The SMILES string of the molecule is CCCCCCCCCCCCCCCCOCC(COc1ccc(CN)cc1)OCCCCCCCCCCCCCCCC.Cl. The second-order valence-corrected chi connectivity index (χ2v) is 13.9. The van der Waals surface area contributed by atoms with E-state index in [0.29, 0.717) is 19.8 Å². The monoisotopic (exact) mass is 682 g/mol. The van der Waals surface area contributed by atoms with Crippen molar-refractivity contribution in [2.45, 2.75) is 206 Å². The molecule has 47 heavy (non-hydrogen) atoms. The molecule has 2 N–H and O–H groups in total. The summed E-state index contributed by atoms with van der Waals surface area (Å²) in [5, 5.41) is 0.